The van der Waals surface area contributed by atoms with Crippen molar-refractivity contribution in [2.75, 3.05) is 0 Å². The molecule has 0 unspecified atom stereocenters. The third kappa shape index (κ3) is 3.12. The van der Waals surface area contributed by atoms with Crippen molar-refractivity contribution in [3.05, 3.63) is 51.0 Å². The van der Waals surface area contributed by atoms with Gasteiger partial charge in [0.15, 0.2) is 5.78 Å². The van der Waals surface area contributed by atoms with E-state index in [1.54, 1.807) is 23.6 Å². The highest BCUT2D eigenvalue weighted by Gasteiger charge is 2.05. The number of hydrogen-bond acceptors (Lipinski definition) is 4. The molecule has 0 amide bonds. The summed E-state index contributed by atoms with van der Waals surface area (Å²) in [6.07, 6.45) is 3.03. The Hall–Kier alpha value is -1.23. The molecule has 0 spiro atoms. The second kappa shape index (κ2) is 5.40. The van der Waals surface area contributed by atoms with Crippen LogP contribution in [0.1, 0.15) is 16.1 Å². The van der Waals surface area contributed by atoms with E-state index < -0.39 is 0 Å². The number of allylic oxidation sites excluding steroid dienone is 1. The van der Waals surface area contributed by atoms with Gasteiger partial charge in [-0.1, -0.05) is 27.7 Å². The van der Waals surface area contributed by atoms with E-state index in [1.165, 1.54) is 23.7 Å². The second-order valence-electron chi connectivity index (χ2n) is 3.16. The number of carbonyl (C=O) groups is 1. The molecule has 1 aromatic heterocycles. The maximum atomic E-state index is 11.8. The van der Waals surface area contributed by atoms with Crippen LogP contribution in [0.5, 0.6) is 0 Å². The molecule has 0 aliphatic rings. The van der Waals surface area contributed by atoms with Crippen LogP contribution in [0.3, 0.4) is 0 Å². The summed E-state index contributed by atoms with van der Waals surface area (Å²) in [5.41, 5.74) is 1.14. The predicted molar refractivity (Wildman–Crippen MR) is 69.7 cm³/mol. The van der Waals surface area contributed by atoms with E-state index in [4.69, 9.17) is 23.2 Å². The summed E-state index contributed by atoms with van der Waals surface area (Å²) in [5, 5.41) is 6.33. The van der Waals surface area contributed by atoms with Crippen molar-refractivity contribution in [3.8, 4) is 0 Å². The van der Waals surface area contributed by atoms with Gasteiger partial charge in [0.25, 0.3) is 0 Å². The molecule has 0 saturated carbocycles. The fraction of sp³-hybridized carbons (Fsp3) is 0. The van der Waals surface area contributed by atoms with Gasteiger partial charge in [0, 0.05) is 10.9 Å². The average molecular weight is 285 g/mol. The summed E-state index contributed by atoms with van der Waals surface area (Å²) in [7, 11) is 0. The molecule has 1 aromatic carbocycles. The fourth-order valence-corrected chi connectivity index (χ4v) is 1.87. The Morgan fingerprint density at radius 2 is 2.12 bits per heavy atom. The summed E-state index contributed by atoms with van der Waals surface area (Å²) in [4.78, 5) is 11.8. The van der Waals surface area contributed by atoms with Crippen molar-refractivity contribution in [3.63, 3.8) is 0 Å². The lowest BCUT2D eigenvalue weighted by atomic mass is 10.1. The van der Waals surface area contributed by atoms with Crippen LogP contribution in [0, 0.1) is 0 Å². The van der Waals surface area contributed by atoms with E-state index in [9.17, 15) is 4.79 Å². The van der Waals surface area contributed by atoms with Crippen LogP contribution < -0.4 is 0 Å². The van der Waals surface area contributed by atoms with Crippen molar-refractivity contribution in [2.24, 2.45) is 0 Å². The molecule has 0 saturated heterocycles. The SMILES string of the molecule is O=C(C=Cc1csnn1)c1ccc(Cl)c(Cl)c1. The summed E-state index contributed by atoms with van der Waals surface area (Å²) in [5.74, 6) is -0.156. The molecule has 0 bridgehead atoms. The van der Waals surface area contributed by atoms with Gasteiger partial charge < -0.3 is 0 Å². The largest absolute Gasteiger partial charge is 0.289 e. The third-order valence-electron chi connectivity index (χ3n) is 1.99. The zero-order chi connectivity index (χ0) is 12.3. The first-order chi connectivity index (χ1) is 8.16. The number of carbonyl (C=O) groups excluding carboxylic acids is 1. The van der Waals surface area contributed by atoms with Gasteiger partial charge in [0.2, 0.25) is 0 Å². The zero-order valence-electron chi connectivity index (χ0n) is 8.43. The Labute approximate surface area is 112 Å². The molecule has 0 radical (unpaired) electrons. The first-order valence-corrected chi connectivity index (χ1v) is 6.20. The maximum Gasteiger partial charge on any atom is 0.185 e. The van der Waals surface area contributed by atoms with Crippen LogP contribution in [-0.2, 0) is 0 Å². The maximum absolute atomic E-state index is 11.8. The summed E-state index contributed by atoms with van der Waals surface area (Å²) in [6.45, 7) is 0. The fourth-order valence-electron chi connectivity index (χ4n) is 1.15. The van der Waals surface area contributed by atoms with Crippen LogP contribution in [0.15, 0.2) is 29.7 Å². The van der Waals surface area contributed by atoms with Gasteiger partial charge in [0.05, 0.1) is 15.7 Å². The Morgan fingerprint density at radius 1 is 1.29 bits per heavy atom. The second-order valence-corrected chi connectivity index (χ2v) is 4.58. The van der Waals surface area contributed by atoms with E-state index in [2.05, 4.69) is 9.59 Å². The average Bonchev–Trinajstić information content (AvgIpc) is 2.82. The van der Waals surface area contributed by atoms with Gasteiger partial charge in [-0.2, -0.15) is 0 Å². The van der Waals surface area contributed by atoms with Crippen LogP contribution in [0.2, 0.25) is 10.0 Å². The molecule has 0 atom stereocenters. The smallest absolute Gasteiger partial charge is 0.185 e. The quantitative estimate of drug-likeness (QED) is 0.637. The van der Waals surface area contributed by atoms with Crippen LogP contribution in [0.25, 0.3) is 6.08 Å². The Bertz CT molecular complexity index is 567. The standard InChI is InChI=1S/C11H6Cl2N2OS/c12-9-3-1-7(5-10(9)13)11(16)4-2-8-6-17-15-14-8/h1-6H. The highest BCUT2D eigenvalue weighted by Crippen LogP contribution is 2.23. The molecule has 2 rings (SSSR count). The highest BCUT2D eigenvalue weighted by molar-refractivity contribution is 7.03. The van der Waals surface area contributed by atoms with Crippen molar-refractivity contribution in [2.45, 2.75) is 0 Å². The summed E-state index contributed by atoms with van der Waals surface area (Å²) in [6, 6.07) is 4.76. The summed E-state index contributed by atoms with van der Waals surface area (Å²) >= 11 is 12.8. The van der Waals surface area contributed by atoms with Gasteiger partial charge in [0.1, 0.15) is 0 Å². The van der Waals surface area contributed by atoms with Crippen molar-refractivity contribution >= 4 is 46.6 Å². The number of hydrogen-bond donors (Lipinski definition) is 0. The zero-order valence-corrected chi connectivity index (χ0v) is 10.8. The molecule has 0 N–H and O–H groups in total. The molecular weight excluding hydrogens is 279 g/mol. The molecule has 0 aliphatic heterocycles. The Kier molecular flexibility index (Phi) is 3.89. The van der Waals surface area contributed by atoms with Crippen LogP contribution >= 0.6 is 34.7 Å². The van der Waals surface area contributed by atoms with Gasteiger partial charge >= 0.3 is 0 Å². The number of rotatable bonds is 3. The molecule has 6 heteroatoms. The molecule has 1 heterocycles. The molecule has 86 valence electrons. The topological polar surface area (TPSA) is 42.9 Å². The Morgan fingerprint density at radius 3 is 2.76 bits per heavy atom. The van der Waals surface area contributed by atoms with Crippen molar-refractivity contribution in [1.82, 2.24) is 9.59 Å². The number of aromatic nitrogens is 2. The van der Waals surface area contributed by atoms with Gasteiger partial charge in [-0.3, -0.25) is 4.79 Å². The monoisotopic (exact) mass is 284 g/mol. The highest BCUT2D eigenvalue weighted by atomic mass is 35.5. The first kappa shape index (κ1) is 12.2. The van der Waals surface area contributed by atoms with E-state index in [0.29, 0.717) is 21.3 Å². The molecule has 0 fully saturated rings. The number of ketones is 1. The number of nitrogens with zero attached hydrogens (tertiary/aromatic N) is 2. The number of halogens is 2. The van der Waals surface area contributed by atoms with Gasteiger partial charge in [-0.25, -0.2) is 0 Å². The minimum Gasteiger partial charge on any atom is -0.289 e. The predicted octanol–water partition coefficient (Wildman–Crippen LogP) is 3.74. The normalized spacial score (nSPS) is 10.9. The molecular formula is C11H6Cl2N2OS. The van der Waals surface area contributed by atoms with E-state index in [0.717, 1.165) is 0 Å². The Balaban J connectivity index is 2.17. The molecule has 0 aliphatic carbocycles. The lowest BCUT2D eigenvalue weighted by molar-refractivity contribution is 0.104. The minimum atomic E-state index is -0.156. The summed E-state index contributed by atoms with van der Waals surface area (Å²) < 4.78 is 3.69. The lowest BCUT2D eigenvalue weighted by Gasteiger charge is -1.98. The van der Waals surface area contributed by atoms with Crippen LogP contribution in [0.4, 0.5) is 0 Å². The van der Waals surface area contributed by atoms with Gasteiger partial charge in [-0.05, 0) is 41.9 Å². The van der Waals surface area contributed by atoms with Crippen molar-refractivity contribution in [1.29, 1.82) is 0 Å². The van der Waals surface area contributed by atoms with E-state index >= 15 is 0 Å². The number of benzene rings is 1. The minimum absolute atomic E-state index is 0.156. The van der Waals surface area contributed by atoms with Gasteiger partial charge in [-0.15, -0.1) is 5.10 Å². The van der Waals surface area contributed by atoms with Crippen molar-refractivity contribution < 1.29 is 4.79 Å². The molecule has 3 nitrogen and oxygen atoms in total. The van der Waals surface area contributed by atoms with E-state index in [1.807, 2.05) is 0 Å². The third-order valence-corrected chi connectivity index (χ3v) is 3.25. The van der Waals surface area contributed by atoms with E-state index in [-0.39, 0.29) is 5.78 Å². The molecule has 2 aromatic rings. The molecule has 17 heavy (non-hydrogen) atoms. The lowest BCUT2D eigenvalue weighted by Crippen LogP contribution is -1.93. The van der Waals surface area contributed by atoms with Crippen LogP contribution in [-0.4, -0.2) is 15.4 Å². The first-order valence-electron chi connectivity index (χ1n) is 4.61.